The summed E-state index contributed by atoms with van der Waals surface area (Å²) >= 11 is 1.41. The lowest BCUT2D eigenvalue weighted by Gasteiger charge is -2.32. The Kier molecular flexibility index (Phi) is 4.04. The number of rotatable bonds is 2. The molecule has 0 spiro atoms. The Labute approximate surface area is 112 Å². The topological polar surface area (TPSA) is 57.6 Å². The minimum Gasteiger partial charge on any atom is -0.480 e. The van der Waals surface area contributed by atoms with E-state index in [1.165, 1.54) is 17.8 Å². The number of halogens is 2. The van der Waals surface area contributed by atoms with Crippen LogP contribution >= 0.6 is 11.8 Å². The van der Waals surface area contributed by atoms with E-state index in [1.807, 2.05) is 0 Å². The molecule has 1 N–H and O–H groups in total. The van der Waals surface area contributed by atoms with Crippen LogP contribution in [0.15, 0.2) is 18.2 Å². The van der Waals surface area contributed by atoms with E-state index in [0.29, 0.717) is 5.75 Å². The Morgan fingerprint density at radius 1 is 1.37 bits per heavy atom. The van der Waals surface area contributed by atoms with Gasteiger partial charge in [0.2, 0.25) is 0 Å². The van der Waals surface area contributed by atoms with E-state index in [1.54, 1.807) is 0 Å². The molecular formula is C12H11F2NO3S. The third-order valence-electron chi connectivity index (χ3n) is 2.86. The Hall–Kier alpha value is -1.63. The molecule has 0 radical (unpaired) electrons. The molecule has 1 fully saturated rings. The highest BCUT2D eigenvalue weighted by Crippen LogP contribution is 2.21. The maximum absolute atomic E-state index is 13.6. The fourth-order valence-corrected chi connectivity index (χ4v) is 2.91. The third-order valence-corrected chi connectivity index (χ3v) is 3.88. The van der Waals surface area contributed by atoms with Crippen LogP contribution in [-0.2, 0) is 4.79 Å². The van der Waals surface area contributed by atoms with Crippen LogP contribution in [0.25, 0.3) is 0 Å². The summed E-state index contributed by atoms with van der Waals surface area (Å²) in [7, 11) is 0. The van der Waals surface area contributed by atoms with Crippen molar-refractivity contribution in [1.29, 1.82) is 0 Å². The lowest BCUT2D eigenvalue weighted by Crippen LogP contribution is -2.50. The summed E-state index contributed by atoms with van der Waals surface area (Å²) in [5, 5.41) is 9.05. The van der Waals surface area contributed by atoms with Crippen molar-refractivity contribution in [3.8, 4) is 0 Å². The number of aliphatic carboxylic acids is 1. The van der Waals surface area contributed by atoms with Crippen molar-refractivity contribution in [3.05, 3.63) is 35.4 Å². The van der Waals surface area contributed by atoms with E-state index < -0.39 is 35.1 Å². The maximum atomic E-state index is 13.6. The molecular weight excluding hydrogens is 276 g/mol. The van der Waals surface area contributed by atoms with Crippen LogP contribution in [0.5, 0.6) is 0 Å². The SMILES string of the molecule is O=C(O)C1CSCCN1C(=O)c1cccc(F)c1F. The molecule has 1 unspecified atom stereocenters. The molecule has 1 aromatic carbocycles. The number of thioether (sulfide) groups is 1. The van der Waals surface area contributed by atoms with Gasteiger partial charge in [0.25, 0.3) is 5.91 Å². The highest BCUT2D eigenvalue weighted by Gasteiger charge is 2.34. The average Bonchev–Trinajstić information content (AvgIpc) is 2.41. The number of carboxylic acid groups (broad SMARTS) is 1. The molecule has 1 aromatic rings. The lowest BCUT2D eigenvalue weighted by atomic mass is 10.1. The van der Waals surface area contributed by atoms with Gasteiger partial charge in [-0.05, 0) is 12.1 Å². The van der Waals surface area contributed by atoms with Crippen LogP contribution in [0.4, 0.5) is 8.78 Å². The summed E-state index contributed by atoms with van der Waals surface area (Å²) in [5.41, 5.74) is -0.432. The summed E-state index contributed by atoms with van der Waals surface area (Å²) in [6.45, 7) is 0.205. The van der Waals surface area contributed by atoms with Gasteiger partial charge in [-0.15, -0.1) is 0 Å². The van der Waals surface area contributed by atoms with Crippen LogP contribution < -0.4 is 0 Å². The molecule has 1 saturated heterocycles. The Morgan fingerprint density at radius 2 is 2.11 bits per heavy atom. The summed E-state index contributed by atoms with van der Waals surface area (Å²) in [4.78, 5) is 24.3. The molecule has 1 aliphatic rings. The van der Waals surface area contributed by atoms with Gasteiger partial charge in [0, 0.05) is 18.1 Å². The van der Waals surface area contributed by atoms with E-state index in [9.17, 15) is 18.4 Å². The zero-order chi connectivity index (χ0) is 14.0. The van der Waals surface area contributed by atoms with E-state index >= 15 is 0 Å². The number of amides is 1. The zero-order valence-corrected chi connectivity index (χ0v) is 10.6. The third kappa shape index (κ3) is 2.70. The maximum Gasteiger partial charge on any atom is 0.327 e. The van der Waals surface area contributed by atoms with Crippen molar-refractivity contribution in [2.75, 3.05) is 18.1 Å². The van der Waals surface area contributed by atoms with Crippen molar-refractivity contribution in [2.45, 2.75) is 6.04 Å². The molecule has 2 rings (SSSR count). The van der Waals surface area contributed by atoms with Crippen molar-refractivity contribution in [2.24, 2.45) is 0 Å². The molecule has 7 heteroatoms. The van der Waals surface area contributed by atoms with Gasteiger partial charge in [-0.1, -0.05) is 6.07 Å². The van der Waals surface area contributed by atoms with Crippen LogP contribution in [0.1, 0.15) is 10.4 Å². The van der Waals surface area contributed by atoms with Gasteiger partial charge in [-0.25, -0.2) is 13.6 Å². The molecule has 1 heterocycles. The molecule has 4 nitrogen and oxygen atoms in total. The molecule has 0 aliphatic carbocycles. The molecule has 1 atom stereocenters. The molecule has 0 bridgehead atoms. The second kappa shape index (κ2) is 5.56. The molecule has 102 valence electrons. The number of carboxylic acids is 1. The van der Waals surface area contributed by atoms with Crippen molar-refractivity contribution in [3.63, 3.8) is 0 Å². The first-order chi connectivity index (χ1) is 9.02. The van der Waals surface area contributed by atoms with Gasteiger partial charge >= 0.3 is 5.97 Å². The highest BCUT2D eigenvalue weighted by molar-refractivity contribution is 7.99. The molecule has 1 amide bonds. The van der Waals surface area contributed by atoms with Crippen molar-refractivity contribution >= 4 is 23.6 Å². The van der Waals surface area contributed by atoms with Gasteiger partial charge in [-0.2, -0.15) is 11.8 Å². The molecule has 0 aromatic heterocycles. The minimum atomic E-state index is -1.24. The van der Waals surface area contributed by atoms with Gasteiger partial charge in [0.1, 0.15) is 6.04 Å². The summed E-state index contributed by atoms with van der Waals surface area (Å²) in [6, 6.07) is 2.28. The van der Waals surface area contributed by atoms with E-state index in [0.717, 1.165) is 17.0 Å². The second-order valence-electron chi connectivity index (χ2n) is 4.03. The predicted molar refractivity (Wildman–Crippen MR) is 66.1 cm³/mol. The number of carbonyl (C=O) groups excluding carboxylic acids is 1. The number of hydrogen-bond acceptors (Lipinski definition) is 3. The average molecular weight is 287 g/mol. The number of carbonyl (C=O) groups is 2. The van der Waals surface area contributed by atoms with Gasteiger partial charge < -0.3 is 10.0 Å². The minimum absolute atomic E-state index is 0.205. The number of benzene rings is 1. The lowest BCUT2D eigenvalue weighted by molar-refractivity contribution is -0.141. The van der Waals surface area contributed by atoms with E-state index in [4.69, 9.17) is 5.11 Å². The molecule has 19 heavy (non-hydrogen) atoms. The van der Waals surface area contributed by atoms with E-state index in [2.05, 4.69) is 0 Å². The summed E-state index contributed by atoms with van der Waals surface area (Å²) < 4.78 is 26.7. The smallest absolute Gasteiger partial charge is 0.327 e. The predicted octanol–water partition coefficient (Wildman–Crippen LogP) is 1.61. The molecule has 1 aliphatic heterocycles. The fraction of sp³-hybridized carbons (Fsp3) is 0.333. The quantitative estimate of drug-likeness (QED) is 0.898. The first-order valence-corrected chi connectivity index (χ1v) is 6.73. The standard InChI is InChI=1S/C12H11F2NO3S/c13-8-3-1-2-7(10(8)14)11(16)15-4-5-19-6-9(15)12(17)18/h1-3,9H,4-6H2,(H,17,18). The largest absolute Gasteiger partial charge is 0.480 e. The normalized spacial score (nSPS) is 19.3. The zero-order valence-electron chi connectivity index (χ0n) is 9.81. The number of hydrogen-bond donors (Lipinski definition) is 1. The monoisotopic (exact) mass is 287 g/mol. The van der Waals surface area contributed by atoms with Crippen molar-refractivity contribution in [1.82, 2.24) is 4.90 Å². The highest BCUT2D eigenvalue weighted by atomic mass is 32.2. The van der Waals surface area contributed by atoms with Crippen LogP contribution in [0.3, 0.4) is 0 Å². The first kappa shape index (κ1) is 13.8. The van der Waals surface area contributed by atoms with Gasteiger partial charge in [0.15, 0.2) is 11.6 Å². The first-order valence-electron chi connectivity index (χ1n) is 5.58. The van der Waals surface area contributed by atoms with Crippen LogP contribution in [0.2, 0.25) is 0 Å². The Balaban J connectivity index is 2.31. The summed E-state index contributed by atoms with van der Waals surface area (Å²) in [5.74, 6) is -3.47. The van der Waals surface area contributed by atoms with Crippen molar-refractivity contribution < 1.29 is 23.5 Å². The second-order valence-corrected chi connectivity index (χ2v) is 5.18. The van der Waals surface area contributed by atoms with Crippen LogP contribution in [0, 0.1) is 11.6 Å². The van der Waals surface area contributed by atoms with Gasteiger partial charge in [-0.3, -0.25) is 4.79 Å². The number of nitrogens with zero attached hydrogens (tertiary/aromatic N) is 1. The van der Waals surface area contributed by atoms with E-state index in [-0.39, 0.29) is 12.3 Å². The van der Waals surface area contributed by atoms with Gasteiger partial charge in [0.05, 0.1) is 5.56 Å². The Morgan fingerprint density at radius 3 is 2.79 bits per heavy atom. The Bertz CT molecular complexity index is 524. The summed E-state index contributed by atoms with van der Waals surface area (Å²) in [6.07, 6.45) is 0. The molecule has 0 saturated carbocycles. The van der Waals surface area contributed by atoms with Crippen LogP contribution in [-0.4, -0.2) is 46.0 Å². The fourth-order valence-electron chi connectivity index (χ4n) is 1.88.